The Morgan fingerprint density at radius 2 is 1.81 bits per heavy atom. The lowest BCUT2D eigenvalue weighted by Gasteiger charge is -2.28. The van der Waals surface area contributed by atoms with Crippen LogP contribution in [0.3, 0.4) is 0 Å². The molecule has 2 N–H and O–H groups in total. The lowest BCUT2D eigenvalue weighted by molar-refractivity contribution is -0.144. The van der Waals surface area contributed by atoms with Gasteiger partial charge in [-0.2, -0.15) is 0 Å². The van der Waals surface area contributed by atoms with Crippen molar-refractivity contribution in [1.29, 1.82) is 0 Å². The van der Waals surface area contributed by atoms with Crippen LogP contribution in [0.2, 0.25) is 0 Å². The second-order valence-corrected chi connectivity index (χ2v) is 4.91. The van der Waals surface area contributed by atoms with E-state index < -0.39 is 17.4 Å². The SMILES string of the molecule is Cc1ccccc1C(C)(NC(=O)c1ccccn1)C(=O)O. The van der Waals surface area contributed by atoms with Gasteiger partial charge in [-0.1, -0.05) is 30.3 Å². The number of pyridine rings is 1. The maximum absolute atomic E-state index is 12.2. The fourth-order valence-corrected chi connectivity index (χ4v) is 2.16. The van der Waals surface area contributed by atoms with E-state index in [4.69, 9.17) is 0 Å². The first-order valence-electron chi connectivity index (χ1n) is 6.48. The predicted molar refractivity (Wildman–Crippen MR) is 77.9 cm³/mol. The molecule has 1 heterocycles. The average molecular weight is 284 g/mol. The Labute approximate surface area is 122 Å². The molecule has 1 unspecified atom stereocenters. The van der Waals surface area contributed by atoms with Crippen LogP contribution in [0.1, 0.15) is 28.5 Å². The van der Waals surface area contributed by atoms with Crippen LogP contribution in [0.25, 0.3) is 0 Å². The van der Waals surface area contributed by atoms with Gasteiger partial charge in [0.1, 0.15) is 5.69 Å². The summed E-state index contributed by atoms with van der Waals surface area (Å²) >= 11 is 0. The maximum Gasteiger partial charge on any atom is 0.333 e. The van der Waals surface area contributed by atoms with E-state index in [1.165, 1.54) is 19.2 Å². The Kier molecular flexibility index (Phi) is 4.03. The van der Waals surface area contributed by atoms with Crippen molar-refractivity contribution in [2.75, 3.05) is 0 Å². The number of aromatic nitrogens is 1. The summed E-state index contributed by atoms with van der Waals surface area (Å²) in [6, 6.07) is 12.0. The minimum absolute atomic E-state index is 0.179. The molecule has 0 fully saturated rings. The number of aryl methyl sites for hydroxylation is 1. The average Bonchev–Trinajstić information content (AvgIpc) is 2.48. The number of carbonyl (C=O) groups excluding carboxylic acids is 1. The normalized spacial score (nSPS) is 13.2. The molecule has 1 atom stereocenters. The number of hydrogen-bond acceptors (Lipinski definition) is 3. The first-order valence-corrected chi connectivity index (χ1v) is 6.48. The van der Waals surface area contributed by atoms with Crippen molar-refractivity contribution >= 4 is 11.9 Å². The Morgan fingerprint density at radius 1 is 1.14 bits per heavy atom. The van der Waals surface area contributed by atoms with Crippen LogP contribution in [0.5, 0.6) is 0 Å². The number of nitrogens with zero attached hydrogens (tertiary/aromatic N) is 1. The maximum atomic E-state index is 12.2. The van der Waals surface area contributed by atoms with Crippen LogP contribution in [-0.2, 0) is 10.3 Å². The second kappa shape index (κ2) is 5.75. The van der Waals surface area contributed by atoms with Gasteiger partial charge in [-0.3, -0.25) is 9.78 Å². The quantitative estimate of drug-likeness (QED) is 0.901. The van der Waals surface area contributed by atoms with Crippen molar-refractivity contribution in [2.24, 2.45) is 0 Å². The van der Waals surface area contributed by atoms with Gasteiger partial charge < -0.3 is 10.4 Å². The highest BCUT2D eigenvalue weighted by atomic mass is 16.4. The van der Waals surface area contributed by atoms with Gasteiger partial charge in [0.15, 0.2) is 5.54 Å². The lowest BCUT2D eigenvalue weighted by Crippen LogP contribution is -2.50. The zero-order valence-electron chi connectivity index (χ0n) is 11.8. The highest BCUT2D eigenvalue weighted by molar-refractivity contribution is 5.96. The van der Waals surface area contributed by atoms with Gasteiger partial charge in [-0.15, -0.1) is 0 Å². The summed E-state index contributed by atoms with van der Waals surface area (Å²) in [5.74, 6) is -1.65. The molecule has 2 rings (SSSR count). The Bertz CT molecular complexity index is 670. The topological polar surface area (TPSA) is 79.3 Å². The molecule has 5 heteroatoms. The first kappa shape index (κ1) is 14.7. The van der Waals surface area contributed by atoms with Crippen molar-refractivity contribution in [3.8, 4) is 0 Å². The summed E-state index contributed by atoms with van der Waals surface area (Å²) < 4.78 is 0. The van der Waals surface area contributed by atoms with Crippen LogP contribution < -0.4 is 5.32 Å². The zero-order valence-corrected chi connectivity index (χ0v) is 11.8. The lowest BCUT2D eigenvalue weighted by atomic mass is 9.88. The van der Waals surface area contributed by atoms with E-state index in [1.54, 1.807) is 24.3 Å². The van der Waals surface area contributed by atoms with E-state index in [-0.39, 0.29) is 5.69 Å². The molecule has 0 aliphatic carbocycles. The van der Waals surface area contributed by atoms with Gasteiger partial charge in [-0.05, 0) is 37.1 Å². The summed E-state index contributed by atoms with van der Waals surface area (Å²) in [4.78, 5) is 27.9. The molecule has 1 amide bonds. The largest absolute Gasteiger partial charge is 0.479 e. The zero-order chi connectivity index (χ0) is 15.5. The van der Waals surface area contributed by atoms with E-state index in [9.17, 15) is 14.7 Å². The number of hydrogen-bond donors (Lipinski definition) is 2. The number of benzene rings is 1. The summed E-state index contributed by atoms with van der Waals surface area (Å²) in [5, 5.41) is 12.1. The van der Waals surface area contributed by atoms with Crippen molar-refractivity contribution < 1.29 is 14.7 Å². The molecule has 0 saturated heterocycles. The number of aliphatic carboxylic acids is 1. The molecule has 108 valence electrons. The summed E-state index contributed by atoms with van der Waals surface area (Å²) in [5.41, 5.74) is 0.00371. The predicted octanol–water partition coefficient (Wildman–Crippen LogP) is 2.12. The van der Waals surface area contributed by atoms with Gasteiger partial charge >= 0.3 is 5.97 Å². The molecule has 0 aliphatic heterocycles. The third-order valence-corrected chi connectivity index (χ3v) is 3.37. The fraction of sp³-hybridized carbons (Fsp3) is 0.188. The molecule has 2 aromatic rings. The van der Waals surface area contributed by atoms with Gasteiger partial charge in [0.25, 0.3) is 5.91 Å². The molecule has 1 aromatic heterocycles. The molecule has 21 heavy (non-hydrogen) atoms. The van der Waals surface area contributed by atoms with Crippen molar-refractivity contribution in [3.05, 3.63) is 65.5 Å². The number of nitrogens with one attached hydrogen (secondary N) is 1. The van der Waals surface area contributed by atoms with Crippen molar-refractivity contribution in [2.45, 2.75) is 19.4 Å². The summed E-state index contributed by atoms with van der Waals surface area (Å²) in [7, 11) is 0. The third kappa shape index (κ3) is 2.91. The van der Waals surface area contributed by atoms with Gasteiger partial charge in [0, 0.05) is 6.20 Å². The Balaban J connectivity index is 2.38. The number of carboxylic acids is 1. The standard InChI is InChI=1S/C16H16N2O3/c1-11-7-3-4-8-12(11)16(2,15(20)21)18-14(19)13-9-5-6-10-17-13/h3-10H,1-2H3,(H,18,19)(H,20,21). The number of amides is 1. The molecule has 0 radical (unpaired) electrons. The summed E-state index contributed by atoms with van der Waals surface area (Å²) in [6.07, 6.45) is 1.49. The van der Waals surface area contributed by atoms with Crippen LogP contribution in [0.4, 0.5) is 0 Å². The smallest absolute Gasteiger partial charge is 0.333 e. The highest BCUT2D eigenvalue weighted by Crippen LogP contribution is 2.24. The first-order chi connectivity index (χ1) is 9.95. The Morgan fingerprint density at radius 3 is 2.38 bits per heavy atom. The van der Waals surface area contributed by atoms with Crippen LogP contribution >= 0.6 is 0 Å². The molecule has 5 nitrogen and oxygen atoms in total. The number of rotatable bonds is 4. The number of carbonyl (C=O) groups is 2. The van der Waals surface area contributed by atoms with E-state index in [0.29, 0.717) is 5.56 Å². The Hall–Kier alpha value is -2.69. The third-order valence-electron chi connectivity index (χ3n) is 3.37. The van der Waals surface area contributed by atoms with E-state index >= 15 is 0 Å². The molecule has 1 aromatic carbocycles. The molecule has 0 bridgehead atoms. The highest BCUT2D eigenvalue weighted by Gasteiger charge is 2.38. The van der Waals surface area contributed by atoms with E-state index in [2.05, 4.69) is 10.3 Å². The van der Waals surface area contributed by atoms with Gasteiger partial charge in [-0.25, -0.2) is 4.79 Å². The fourth-order valence-electron chi connectivity index (χ4n) is 2.16. The van der Waals surface area contributed by atoms with Crippen LogP contribution in [0.15, 0.2) is 48.7 Å². The summed E-state index contributed by atoms with van der Waals surface area (Å²) in [6.45, 7) is 3.28. The monoisotopic (exact) mass is 284 g/mol. The van der Waals surface area contributed by atoms with Crippen LogP contribution in [0, 0.1) is 6.92 Å². The van der Waals surface area contributed by atoms with Gasteiger partial charge in [0.05, 0.1) is 0 Å². The minimum Gasteiger partial charge on any atom is -0.479 e. The molecule has 0 aliphatic rings. The van der Waals surface area contributed by atoms with Gasteiger partial charge in [0.2, 0.25) is 0 Å². The van der Waals surface area contributed by atoms with Crippen LogP contribution in [-0.4, -0.2) is 22.0 Å². The minimum atomic E-state index is -1.51. The second-order valence-electron chi connectivity index (χ2n) is 4.91. The van der Waals surface area contributed by atoms with E-state index in [0.717, 1.165) is 5.56 Å². The molecule has 0 saturated carbocycles. The van der Waals surface area contributed by atoms with Crippen molar-refractivity contribution in [1.82, 2.24) is 10.3 Å². The molecule has 0 spiro atoms. The van der Waals surface area contributed by atoms with Crippen molar-refractivity contribution in [3.63, 3.8) is 0 Å². The molecular formula is C16H16N2O3. The van der Waals surface area contributed by atoms with E-state index in [1.807, 2.05) is 19.1 Å². The number of carboxylic acid groups (broad SMARTS) is 1. The molecular weight excluding hydrogens is 268 g/mol.